The van der Waals surface area contributed by atoms with Gasteiger partial charge in [-0.15, -0.1) is 0 Å². The SMILES string of the molecule is CCC(OC(=O)C1CCC(OC(C)=O)CC1)c1cc(CNN(c2ccccc2)c2ccccc2)c(C(CC)OC(=O)C2CCC(OC(C)=O)CC2)cc1CNN(c1ccccc1)c1ccccc1. The van der Waals surface area contributed by atoms with Crippen LogP contribution in [0.15, 0.2) is 133 Å². The number of nitrogens with zero attached hydrogens (tertiary/aromatic N) is 2. The molecule has 7 rings (SSSR count). The van der Waals surface area contributed by atoms with E-state index in [0.29, 0.717) is 77.3 Å². The summed E-state index contributed by atoms with van der Waals surface area (Å²) >= 11 is 0. The molecule has 2 aliphatic rings. The molecule has 2 fully saturated rings. The zero-order valence-corrected chi connectivity index (χ0v) is 39.8. The molecule has 0 bridgehead atoms. The van der Waals surface area contributed by atoms with E-state index >= 15 is 0 Å². The first kappa shape index (κ1) is 49.4. The summed E-state index contributed by atoms with van der Waals surface area (Å²) < 4.78 is 24.1. The molecule has 2 unspecified atom stereocenters. The molecule has 0 aliphatic heterocycles. The zero-order valence-electron chi connectivity index (χ0n) is 39.8. The Bertz CT molecular complexity index is 2140. The van der Waals surface area contributed by atoms with Crippen molar-refractivity contribution in [3.05, 3.63) is 156 Å². The van der Waals surface area contributed by atoms with Crippen LogP contribution in [0.2, 0.25) is 0 Å². The van der Waals surface area contributed by atoms with Gasteiger partial charge in [-0.25, -0.2) is 10.9 Å². The molecule has 2 atom stereocenters. The van der Waals surface area contributed by atoms with Crippen LogP contribution in [0.3, 0.4) is 0 Å². The van der Waals surface area contributed by atoms with Gasteiger partial charge in [-0.1, -0.05) is 98.8 Å². The highest BCUT2D eigenvalue weighted by Gasteiger charge is 2.34. The number of esters is 4. The van der Waals surface area contributed by atoms with Gasteiger partial charge in [-0.05, 0) is 135 Å². The van der Waals surface area contributed by atoms with Crippen molar-refractivity contribution < 1.29 is 38.1 Å². The Kier molecular flexibility index (Phi) is 17.8. The Balaban J connectivity index is 1.28. The number of para-hydroxylation sites is 4. The van der Waals surface area contributed by atoms with Crippen LogP contribution in [0.1, 0.15) is 126 Å². The average Bonchev–Trinajstić information content (AvgIpc) is 3.36. The maximum absolute atomic E-state index is 14.1. The van der Waals surface area contributed by atoms with Crippen molar-refractivity contribution in [3.63, 3.8) is 0 Å². The lowest BCUT2D eigenvalue weighted by molar-refractivity contribution is -0.160. The third kappa shape index (κ3) is 13.4. The van der Waals surface area contributed by atoms with Crippen LogP contribution >= 0.6 is 0 Å². The van der Waals surface area contributed by atoms with Crippen LogP contribution in [0.4, 0.5) is 22.7 Å². The second-order valence-electron chi connectivity index (χ2n) is 17.8. The van der Waals surface area contributed by atoms with Crippen LogP contribution in [0.5, 0.6) is 0 Å². The molecule has 0 amide bonds. The van der Waals surface area contributed by atoms with Gasteiger partial charge in [0.05, 0.1) is 34.6 Å². The summed E-state index contributed by atoms with van der Waals surface area (Å²) in [5, 5.41) is 4.10. The van der Waals surface area contributed by atoms with Gasteiger partial charge in [0.15, 0.2) is 0 Å². The van der Waals surface area contributed by atoms with Gasteiger partial charge >= 0.3 is 23.9 Å². The fraction of sp³-hybridized carbons (Fsp3) is 0.393. The number of carbonyl (C=O) groups is 4. The minimum absolute atomic E-state index is 0.196. The van der Waals surface area contributed by atoms with Gasteiger partial charge in [0.1, 0.15) is 24.4 Å². The van der Waals surface area contributed by atoms with Crippen molar-refractivity contribution in [2.45, 2.75) is 129 Å². The van der Waals surface area contributed by atoms with Crippen molar-refractivity contribution in [2.75, 3.05) is 10.0 Å². The van der Waals surface area contributed by atoms with Crippen molar-refractivity contribution in [3.8, 4) is 0 Å². The number of hydrogen-bond donors (Lipinski definition) is 2. The second-order valence-corrected chi connectivity index (χ2v) is 17.8. The molecular weight excluding hydrogens is 857 g/mol. The maximum atomic E-state index is 14.1. The average molecular weight is 923 g/mol. The topological polar surface area (TPSA) is 136 Å². The number of rotatable bonds is 20. The van der Waals surface area contributed by atoms with Crippen LogP contribution < -0.4 is 20.9 Å². The van der Waals surface area contributed by atoms with E-state index in [0.717, 1.165) is 45.0 Å². The third-order valence-corrected chi connectivity index (χ3v) is 12.9. The van der Waals surface area contributed by atoms with E-state index in [4.69, 9.17) is 18.9 Å². The predicted molar refractivity (Wildman–Crippen MR) is 263 cm³/mol. The highest BCUT2D eigenvalue weighted by atomic mass is 16.6. The Morgan fingerprint density at radius 2 is 0.779 bits per heavy atom. The van der Waals surface area contributed by atoms with E-state index in [-0.39, 0.29) is 47.9 Å². The number of nitrogens with one attached hydrogen (secondary N) is 2. The van der Waals surface area contributed by atoms with E-state index < -0.39 is 12.2 Å². The van der Waals surface area contributed by atoms with E-state index in [1.165, 1.54) is 13.8 Å². The van der Waals surface area contributed by atoms with Crippen LogP contribution in [-0.2, 0) is 51.2 Å². The quantitative estimate of drug-likeness (QED) is 0.0437. The summed E-state index contributed by atoms with van der Waals surface area (Å²) in [6.07, 6.45) is 4.14. The zero-order chi connectivity index (χ0) is 47.8. The van der Waals surface area contributed by atoms with E-state index in [2.05, 4.69) is 33.0 Å². The number of benzene rings is 5. The lowest BCUT2D eigenvalue weighted by atomic mass is 9.87. The molecule has 358 valence electrons. The molecule has 0 heterocycles. The van der Waals surface area contributed by atoms with Gasteiger partial charge < -0.3 is 18.9 Å². The molecule has 12 nitrogen and oxygen atoms in total. The first-order valence-corrected chi connectivity index (χ1v) is 24.3. The third-order valence-electron chi connectivity index (χ3n) is 12.9. The molecule has 0 spiro atoms. The maximum Gasteiger partial charge on any atom is 0.309 e. The Labute approximate surface area is 401 Å². The summed E-state index contributed by atoms with van der Waals surface area (Å²) in [6, 6.07) is 44.6. The lowest BCUT2D eigenvalue weighted by Gasteiger charge is -2.32. The summed E-state index contributed by atoms with van der Waals surface area (Å²) in [5.41, 5.74) is 14.7. The summed E-state index contributed by atoms with van der Waals surface area (Å²) in [7, 11) is 0. The van der Waals surface area contributed by atoms with Crippen molar-refractivity contribution in [1.82, 2.24) is 10.9 Å². The van der Waals surface area contributed by atoms with Gasteiger partial charge in [-0.2, -0.15) is 0 Å². The molecule has 5 aromatic rings. The van der Waals surface area contributed by atoms with Gasteiger partial charge in [0.2, 0.25) is 0 Å². The molecule has 0 aromatic heterocycles. The molecule has 0 saturated heterocycles. The minimum atomic E-state index is -0.602. The standard InChI is InChI=1S/C56H66N4O8/c1-5-53(67-55(63)41-27-31-49(32-28-41)65-39(3)61)51-35-44(38-58-60(47-23-15-9-16-24-47)48-25-17-10-18-26-48)52(54(6-2)68-56(64)42-29-33-50(34-30-42)66-40(4)62)36-43(51)37-57-59(45-19-11-7-12-20-45)46-21-13-8-14-22-46/h7-26,35-36,41-42,49-50,53-54,57-58H,5-6,27-34,37-38H2,1-4H3. The molecule has 2 N–H and O–H groups in total. The van der Waals surface area contributed by atoms with E-state index in [1.54, 1.807) is 0 Å². The number of carbonyl (C=O) groups excluding carboxylic acids is 4. The summed E-state index contributed by atoms with van der Waals surface area (Å²) in [6.45, 7) is 7.56. The monoisotopic (exact) mass is 922 g/mol. The number of hydrogen-bond acceptors (Lipinski definition) is 12. The number of ether oxygens (including phenoxy) is 4. The van der Waals surface area contributed by atoms with Crippen LogP contribution in [0.25, 0.3) is 0 Å². The molecule has 2 aliphatic carbocycles. The molecule has 5 aromatic carbocycles. The van der Waals surface area contributed by atoms with Gasteiger partial charge in [-0.3, -0.25) is 29.2 Å². The first-order chi connectivity index (χ1) is 33.1. The van der Waals surface area contributed by atoms with Crippen molar-refractivity contribution >= 4 is 46.6 Å². The normalized spacial score (nSPS) is 18.9. The Hall–Kier alpha value is -6.50. The van der Waals surface area contributed by atoms with E-state index in [9.17, 15) is 19.2 Å². The predicted octanol–water partition coefficient (Wildman–Crippen LogP) is 11.6. The van der Waals surface area contributed by atoms with Gasteiger partial charge in [0.25, 0.3) is 0 Å². The second kappa shape index (κ2) is 24.5. The molecule has 12 heteroatoms. The fourth-order valence-corrected chi connectivity index (χ4v) is 9.44. The summed E-state index contributed by atoms with van der Waals surface area (Å²) in [5.74, 6) is -1.79. The molecular formula is C56H66N4O8. The van der Waals surface area contributed by atoms with Gasteiger partial charge in [0, 0.05) is 26.9 Å². The first-order valence-electron chi connectivity index (χ1n) is 24.3. The highest BCUT2D eigenvalue weighted by molar-refractivity contribution is 5.74. The number of anilines is 4. The molecule has 2 saturated carbocycles. The Morgan fingerprint density at radius 1 is 0.485 bits per heavy atom. The van der Waals surface area contributed by atoms with Crippen LogP contribution in [0, 0.1) is 11.8 Å². The smallest absolute Gasteiger partial charge is 0.309 e. The minimum Gasteiger partial charge on any atom is -0.463 e. The fourth-order valence-electron chi connectivity index (χ4n) is 9.44. The van der Waals surface area contributed by atoms with E-state index in [1.807, 2.05) is 135 Å². The lowest BCUT2D eigenvalue weighted by Crippen LogP contribution is -2.35. The molecule has 0 radical (unpaired) electrons. The van der Waals surface area contributed by atoms with Crippen LogP contribution in [-0.4, -0.2) is 36.1 Å². The Morgan fingerprint density at radius 3 is 1.04 bits per heavy atom. The van der Waals surface area contributed by atoms with Crippen molar-refractivity contribution in [1.29, 1.82) is 0 Å². The van der Waals surface area contributed by atoms with Crippen molar-refractivity contribution in [2.24, 2.45) is 11.8 Å². The summed E-state index contributed by atoms with van der Waals surface area (Å²) in [4.78, 5) is 51.7. The highest BCUT2D eigenvalue weighted by Crippen LogP contribution is 2.38. The largest absolute Gasteiger partial charge is 0.463 e. The number of hydrazine groups is 2. The molecule has 68 heavy (non-hydrogen) atoms.